The minimum Gasteiger partial charge on any atom is -0.317 e. The van der Waals surface area contributed by atoms with Gasteiger partial charge < -0.3 is 10.6 Å². The number of fused-ring (bicyclic) bond motifs is 2. The van der Waals surface area contributed by atoms with E-state index in [-0.39, 0.29) is 11.8 Å². The molecule has 196 valence electrons. The Hall–Kier alpha value is -2.33. The van der Waals surface area contributed by atoms with Gasteiger partial charge in [0.05, 0.1) is 11.1 Å². The van der Waals surface area contributed by atoms with Crippen LogP contribution >= 0.6 is 34.4 Å². The maximum atomic E-state index is 12.5. The topological polar surface area (TPSA) is 106 Å². The zero-order chi connectivity index (χ0) is 26.4. The summed E-state index contributed by atoms with van der Waals surface area (Å²) in [4.78, 5) is 27.6. The number of nitrogens with one attached hydrogen (secondary N) is 2. The number of anilines is 2. The zero-order valence-electron chi connectivity index (χ0n) is 21.6. The Morgan fingerprint density at radius 2 is 1.27 bits per heavy atom. The van der Waals surface area contributed by atoms with Crippen LogP contribution in [0.5, 0.6) is 0 Å². The Kier molecular flexibility index (Phi) is 9.70. The first-order valence-corrected chi connectivity index (χ1v) is 16.0. The number of hydrogen-bond acceptors (Lipinski definition) is 7. The van der Waals surface area contributed by atoms with Crippen LogP contribution in [0.3, 0.4) is 0 Å². The molecule has 2 aliphatic carbocycles. The quantitative estimate of drug-likeness (QED) is 0.319. The molecule has 2 aliphatic rings. The summed E-state index contributed by atoms with van der Waals surface area (Å²) in [5, 5.41) is 26.6. The molecule has 2 aromatic rings. The van der Waals surface area contributed by atoms with E-state index in [1.165, 1.54) is 9.75 Å². The molecule has 37 heavy (non-hydrogen) atoms. The van der Waals surface area contributed by atoms with Crippen molar-refractivity contribution in [2.75, 3.05) is 22.1 Å². The summed E-state index contributed by atoms with van der Waals surface area (Å²) in [7, 11) is 0. The molecule has 0 saturated carbocycles. The van der Waals surface area contributed by atoms with E-state index >= 15 is 0 Å². The predicted octanol–water partition coefficient (Wildman–Crippen LogP) is 6.67. The number of hydrogen-bond donors (Lipinski definition) is 2. The molecule has 0 radical (unpaired) electrons. The van der Waals surface area contributed by atoms with Gasteiger partial charge in [-0.1, -0.05) is 26.7 Å². The van der Waals surface area contributed by atoms with Crippen LogP contribution < -0.4 is 10.6 Å². The van der Waals surface area contributed by atoms with Crippen molar-refractivity contribution in [2.24, 2.45) is 11.8 Å². The molecule has 2 N–H and O–H groups in total. The Morgan fingerprint density at radius 3 is 1.65 bits per heavy atom. The van der Waals surface area contributed by atoms with Crippen LogP contribution in [0.2, 0.25) is 0 Å². The highest BCUT2D eigenvalue weighted by Crippen LogP contribution is 2.41. The number of thiophene rings is 2. The van der Waals surface area contributed by atoms with E-state index in [0.29, 0.717) is 57.3 Å². The molecule has 4 rings (SSSR count). The van der Waals surface area contributed by atoms with Crippen molar-refractivity contribution in [3.05, 3.63) is 32.0 Å². The minimum atomic E-state index is -0.0905. The lowest BCUT2D eigenvalue weighted by Crippen LogP contribution is -2.14. The summed E-state index contributed by atoms with van der Waals surface area (Å²) >= 11 is 4.69. The number of nitrogens with zero attached hydrogens (tertiary/aromatic N) is 2. The maximum Gasteiger partial charge on any atom is 0.225 e. The highest BCUT2D eigenvalue weighted by Gasteiger charge is 2.27. The molecule has 0 bridgehead atoms. The van der Waals surface area contributed by atoms with E-state index in [2.05, 4.69) is 36.6 Å². The molecule has 0 aliphatic heterocycles. The number of carbonyl (C=O) groups is 2. The second-order valence-corrected chi connectivity index (χ2v) is 13.3. The van der Waals surface area contributed by atoms with Crippen LogP contribution in [-0.4, -0.2) is 23.3 Å². The molecule has 2 unspecified atom stereocenters. The smallest absolute Gasteiger partial charge is 0.225 e. The summed E-state index contributed by atoms with van der Waals surface area (Å²) in [6.07, 6.45) is 9.03. The fraction of sp³-hybridized carbons (Fsp3) is 0.571. The molecular formula is C28H34N4O2S3. The van der Waals surface area contributed by atoms with E-state index in [0.717, 1.165) is 62.5 Å². The fourth-order valence-electron chi connectivity index (χ4n) is 5.23. The minimum absolute atomic E-state index is 0.0905. The highest BCUT2D eigenvalue weighted by atomic mass is 32.2. The third-order valence-corrected chi connectivity index (χ3v) is 10.9. The molecule has 0 fully saturated rings. The van der Waals surface area contributed by atoms with Gasteiger partial charge in [0, 0.05) is 34.1 Å². The average Bonchev–Trinajstić information content (AvgIpc) is 3.43. The lowest BCUT2D eigenvalue weighted by Gasteiger charge is -2.20. The highest BCUT2D eigenvalue weighted by molar-refractivity contribution is 7.99. The normalized spacial score (nSPS) is 18.3. The summed E-state index contributed by atoms with van der Waals surface area (Å²) in [5.74, 6) is 2.37. The molecule has 2 aromatic heterocycles. The van der Waals surface area contributed by atoms with Crippen molar-refractivity contribution in [3.8, 4) is 12.1 Å². The number of thioether (sulfide) groups is 1. The molecule has 9 heteroatoms. The third kappa shape index (κ3) is 6.57. The van der Waals surface area contributed by atoms with Gasteiger partial charge in [-0.2, -0.15) is 22.3 Å². The lowest BCUT2D eigenvalue weighted by molar-refractivity contribution is -0.116. The first-order chi connectivity index (χ1) is 18.0. The van der Waals surface area contributed by atoms with Crippen LogP contribution in [-0.2, 0) is 35.3 Å². The largest absolute Gasteiger partial charge is 0.317 e. The van der Waals surface area contributed by atoms with Crippen molar-refractivity contribution >= 4 is 56.3 Å². The van der Waals surface area contributed by atoms with Gasteiger partial charge in [0.2, 0.25) is 11.8 Å². The third-order valence-electron chi connectivity index (χ3n) is 7.57. The molecule has 0 saturated heterocycles. The van der Waals surface area contributed by atoms with Gasteiger partial charge in [0.1, 0.15) is 22.1 Å². The van der Waals surface area contributed by atoms with Gasteiger partial charge in [-0.3, -0.25) is 9.59 Å². The number of rotatable bonds is 10. The summed E-state index contributed by atoms with van der Waals surface area (Å²) < 4.78 is 0. The lowest BCUT2D eigenvalue weighted by atomic mass is 9.86. The van der Waals surface area contributed by atoms with Crippen molar-refractivity contribution in [3.63, 3.8) is 0 Å². The van der Waals surface area contributed by atoms with E-state index < -0.39 is 0 Å². The molecule has 2 amide bonds. The first-order valence-electron chi connectivity index (χ1n) is 13.2. The van der Waals surface area contributed by atoms with Crippen molar-refractivity contribution in [2.45, 2.75) is 78.1 Å². The van der Waals surface area contributed by atoms with E-state index in [9.17, 15) is 20.1 Å². The van der Waals surface area contributed by atoms with Gasteiger partial charge in [-0.15, -0.1) is 22.7 Å². The number of amides is 2. The van der Waals surface area contributed by atoms with Gasteiger partial charge in [-0.25, -0.2) is 0 Å². The van der Waals surface area contributed by atoms with Crippen molar-refractivity contribution < 1.29 is 9.59 Å². The summed E-state index contributed by atoms with van der Waals surface area (Å²) in [6.45, 7) is 4.41. The average molecular weight is 555 g/mol. The van der Waals surface area contributed by atoms with E-state index in [1.807, 2.05) is 0 Å². The Balaban J connectivity index is 1.20. The Labute approximate surface area is 231 Å². The van der Waals surface area contributed by atoms with Crippen LogP contribution in [0.15, 0.2) is 0 Å². The monoisotopic (exact) mass is 554 g/mol. The standard InChI is InChI=1S/C28H34N4O2S3/c1-3-17-5-7-19-21(15-29)27(36-23(19)13-17)31-25(33)9-11-35-12-10-26(34)32-28-22(16-30)20-8-6-18(4-2)14-24(20)37-28/h17-18H,3-14H2,1-2H3,(H,31,33)(H,32,34). The number of nitriles is 2. The summed E-state index contributed by atoms with van der Waals surface area (Å²) in [6, 6.07) is 4.61. The van der Waals surface area contributed by atoms with Crippen LogP contribution in [0, 0.1) is 34.5 Å². The van der Waals surface area contributed by atoms with E-state index in [1.54, 1.807) is 34.4 Å². The molecular weight excluding hydrogens is 521 g/mol. The first kappa shape index (κ1) is 27.7. The molecule has 0 aromatic carbocycles. The molecule has 2 heterocycles. The van der Waals surface area contributed by atoms with E-state index in [4.69, 9.17) is 0 Å². The number of carbonyl (C=O) groups excluding carboxylic acids is 2. The van der Waals surface area contributed by atoms with Gasteiger partial charge in [0.25, 0.3) is 0 Å². The second kappa shape index (κ2) is 13.0. The Morgan fingerprint density at radius 1 is 0.838 bits per heavy atom. The second-order valence-electron chi connectivity index (χ2n) is 9.88. The van der Waals surface area contributed by atoms with Gasteiger partial charge in [0.15, 0.2) is 0 Å². The summed E-state index contributed by atoms with van der Waals surface area (Å²) in [5.41, 5.74) is 3.54. The van der Waals surface area contributed by atoms with Crippen molar-refractivity contribution in [1.29, 1.82) is 10.5 Å². The van der Waals surface area contributed by atoms with Crippen LogP contribution in [0.1, 0.15) is 84.4 Å². The van der Waals surface area contributed by atoms with Gasteiger partial charge in [-0.05, 0) is 61.5 Å². The van der Waals surface area contributed by atoms with Crippen molar-refractivity contribution in [1.82, 2.24) is 0 Å². The fourth-order valence-corrected chi connectivity index (χ4v) is 8.75. The van der Waals surface area contributed by atoms with Crippen LogP contribution in [0.4, 0.5) is 10.0 Å². The SMILES string of the molecule is CCC1CCc2c(sc(NC(=O)CCSCCC(=O)Nc3sc4c(c3C#N)CCC(CC)C4)c2C#N)C1. The Bertz CT molecular complexity index is 1140. The van der Waals surface area contributed by atoms with Crippen LogP contribution in [0.25, 0.3) is 0 Å². The predicted molar refractivity (Wildman–Crippen MR) is 153 cm³/mol. The maximum absolute atomic E-state index is 12.5. The zero-order valence-corrected chi connectivity index (χ0v) is 24.0. The molecule has 0 spiro atoms. The molecule has 2 atom stereocenters. The molecule has 6 nitrogen and oxygen atoms in total. The van der Waals surface area contributed by atoms with Gasteiger partial charge >= 0.3 is 0 Å².